The highest BCUT2D eigenvalue weighted by molar-refractivity contribution is 5.81. The molecular weight excluding hydrogens is 320 g/mol. The number of fused-ring (bicyclic) bond motifs is 1. The third-order valence-electron chi connectivity index (χ3n) is 4.92. The fourth-order valence-electron chi connectivity index (χ4n) is 3.33. The Balaban J connectivity index is 1.44. The second-order valence-corrected chi connectivity index (χ2v) is 6.91. The minimum Gasteiger partial charge on any atom is -0.377 e. The van der Waals surface area contributed by atoms with E-state index in [9.17, 15) is 0 Å². The van der Waals surface area contributed by atoms with Gasteiger partial charge in [-0.3, -0.25) is 4.98 Å². The molecule has 0 saturated heterocycles. The average molecular weight is 348 g/mol. The van der Waals surface area contributed by atoms with Crippen LogP contribution in [0.5, 0.6) is 0 Å². The van der Waals surface area contributed by atoms with Crippen LogP contribution < -0.4 is 5.32 Å². The molecule has 1 heterocycles. The largest absolute Gasteiger partial charge is 0.377 e. The van der Waals surface area contributed by atoms with E-state index in [1.165, 1.54) is 21.9 Å². The van der Waals surface area contributed by atoms with Gasteiger partial charge in [0, 0.05) is 37.5 Å². The van der Waals surface area contributed by atoms with Crippen molar-refractivity contribution < 1.29 is 4.74 Å². The molecule has 3 aromatic rings. The standard InChI is InChI=1S/C23H28N2O/c1-18(7-6-10-23(26-2)20-8-4-3-5-9-20)25-16-19-11-12-22-17-24-14-13-21(22)15-19/h3-5,8-9,11-15,17-18,23,25H,6-7,10,16H2,1-2H3/t18-,23-/m1/s1. The van der Waals surface area contributed by atoms with Crippen LogP contribution in [-0.2, 0) is 11.3 Å². The molecule has 0 amide bonds. The molecule has 2 aromatic carbocycles. The van der Waals surface area contributed by atoms with Crippen molar-refractivity contribution in [2.24, 2.45) is 0 Å². The van der Waals surface area contributed by atoms with Crippen LogP contribution in [0.2, 0.25) is 0 Å². The molecule has 0 aliphatic heterocycles. The number of hydrogen-bond donors (Lipinski definition) is 1. The van der Waals surface area contributed by atoms with Crippen molar-refractivity contribution in [3.8, 4) is 0 Å². The van der Waals surface area contributed by atoms with Crippen molar-refractivity contribution >= 4 is 10.8 Å². The molecule has 3 nitrogen and oxygen atoms in total. The summed E-state index contributed by atoms with van der Waals surface area (Å²) >= 11 is 0. The fraction of sp³-hybridized carbons (Fsp3) is 0.348. The van der Waals surface area contributed by atoms with E-state index in [0.29, 0.717) is 6.04 Å². The van der Waals surface area contributed by atoms with Crippen LogP contribution >= 0.6 is 0 Å². The Labute approximate surface area is 156 Å². The van der Waals surface area contributed by atoms with Crippen LogP contribution in [-0.4, -0.2) is 18.1 Å². The Hall–Kier alpha value is -2.23. The lowest BCUT2D eigenvalue weighted by Gasteiger charge is -2.18. The Morgan fingerprint density at radius 1 is 1.00 bits per heavy atom. The molecule has 2 atom stereocenters. The molecular formula is C23H28N2O. The van der Waals surface area contributed by atoms with Crippen LogP contribution in [0.1, 0.15) is 43.4 Å². The zero-order valence-electron chi connectivity index (χ0n) is 15.7. The van der Waals surface area contributed by atoms with Gasteiger partial charge in [-0.15, -0.1) is 0 Å². The number of benzene rings is 2. The monoisotopic (exact) mass is 348 g/mol. The van der Waals surface area contributed by atoms with Crippen molar-refractivity contribution in [1.82, 2.24) is 10.3 Å². The molecule has 0 saturated carbocycles. The molecule has 0 aliphatic carbocycles. The zero-order chi connectivity index (χ0) is 18.2. The number of ether oxygens (including phenoxy) is 1. The van der Waals surface area contributed by atoms with E-state index >= 15 is 0 Å². The van der Waals surface area contributed by atoms with Gasteiger partial charge in [-0.25, -0.2) is 0 Å². The van der Waals surface area contributed by atoms with Gasteiger partial charge >= 0.3 is 0 Å². The third-order valence-corrected chi connectivity index (χ3v) is 4.92. The van der Waals surface area contributed by atoms with Crippen molar-refractivity contribution in [3.63, 3.8) is 0 Å². The maximum atomic E-state index is 5.66. The molecule has 0 spiro atoms. The van der Waals surface area contributed by atoms with Gasteiger partial charge < -0.3 is 10.1 Å². The molecule has 0 radical (unpaired) electrons. The SMILES string of the molecule is CO[C@H](CCC[C@@H](C)NCc1ccc2cnccc2c1)c1ccccc1. The molecule has 1 aromatic heterocycles. The first-order valence-corrected chi connectivity index (χ1v) is 9.40. The van der Waals surface area contributed by atoms with Crippen LogP contribution in [0, 0.1) is 0 Å². The molecule has 0 unspecified atom stereocenters. The minimum absolute atomic E-state index is 0.192. The normalized spacial score (nSPS) is 13.6. The number of pyridine rings is 1. The van der Waals surface area contributed by atoms with Crippen molar-refractivity contribution in [1.29, 1.82) is 0 Å². The van der Waals surface area contributed by atoms with E-state index in [4.69, 9.17) is 4.74 Å². The van der Waals surface area contributed by atoms with Gasteiger partial charge in [0.25, 0.3) is 0 Å². The van der Waals surface area contributed by atoms with E-state index in [0.717, 1.165) is 25.8 Å². The highest BCUT2D eigenvalue weighted by Gasteiger charge is 2.11. The van der Waals surface area contributed by atoms with Gasteiger partial charge in [-0.05, 0) is 54.8 Å². The molecule has 3 heteroatoms. The summed E-state index contributed by atoms with van der Waals surface area (Å²) in [6, 6.07) is 19.6. The van der Waals surface area contributed by atoms with Crippen LogP contribution in [0.15, 0.2) is 67.0 Å². The molecule has 0 bridgehead atoms. The van der Waals surface area contributed by atoms with E-state index in [2.05, 4.69) is 65.8 Å². The van der Waals surface area contributed by atoms with E-state index in [-0.39, 0.29) is 6.10 Å². The third kappa shape index (κ3) is 5.13. The summed E-state index contributed by atoms with van der Waals surface area (Å²) in [5.41, 5.74) is 2.58. The summed E-state index contributed by atoms with van der Waals surface area (Å²) in [7, 11) is 1.80. The maximum absolute atomic E-state index is 5.66. The average Bonchev–Trinajstić information content (AvgIpc) is 2.70. The quantitative estimate of drug-likeness (QED) is 0.572. The van der Waals surface area contributed by atoms with Crippen LogP contribution in [0.3, 0.4) is 0 Å². The maximum Gasteiger partial charge on any atom is 0.0821 e. The topological polar surface area (TPSA) is 34.1 Å². The molecule has 136 valence electrons. The first-order valence-electron chi connectivity index (χ1n) is 9.40. The predicted molar refractivity (Wildman–Crippen MR) is 108 cm³/mol. The van der Waals surface area contributed by atoms with Gasteiger partial charge in [-0.1, -0.05) is 42.5 Å². The second-order valence-electron chi connectivity index (χ2n) is 6.91. The minimum atomic E-state index is 0.192. The Kier molecular flexibility index (Phi) is 6.75. The molecule has 26 heavy (non-hydrogen) atoms. The summed E-state index contributed by atoms with van der Waals surface area (Å²) < 4.78 is 5.66. The second kappa shape index (κ2) is 9.46. The Morgan fingerprint density at radius 2 is 1.85 bits per heavy atom. The summed E-state index contributed by atoms with van der Waals surface area (Å²) in [5.74, 6) is 0. The van der Waals surface area contributed by atoms with Gasteiger partial charge in [0.05, 0.1) is 6.10 Å². The summed E-state index contributed by atoms with van der Waals surface area (Å²) in [6.45, 7) is 3.15. The number of nitrogens with one attached hydrogen (secondary N) is 1. The summed E-state index contributed by atoms with van der Waals surface area (Å²) in [4.78, 5) is 4.17. The number of methoxy groups -OCH3 is 1. The summed E-state index contributed by atoms with van der Waals surface area (Å²) in [5, 5.41) is 6.08. The van der Waals surface area contributed by atoms with E-state index in [1.807, 2.05) is 18.5 Å². The summed E-state index contributed by atoms with van der Waals surface area (Å²) in [6.07, 6.45) is 7.29. The van der Waals surface area contributed by atoms with Gasteiger partial charge in [0.1, 0.15) is 0 Å². The lowest BCUT2D eigenvalue weighted by molar-refractivity contribution is 0.0926. The first kappa shape index (κ1) is 18.6. The van der Waals surface area contributed by atoms with Gasteiger partial charge in [0.2, 0.25) is 0 Å². The molecule has 3 rings (SSSR count). The van der Waals surface area contributed by atoms with Crippen LogP contribution in [0.25, 0.3) is 10.8 Å². The van der Waals surface area contributed by atoms with E-state index in [1.54, 1.807) is 7.11 Å². The lowest BCUT2D eigenvalue weighted by Crippen LogP contribution is -2.25. The van der Waals surface area contributed by atoms with Crippen molar-refractivity contribution in [2.75, 3.05) is 7.11 Å². The smallest absolute Gasteiger partial charge is 0.0821 e. The number of hydrogen-bond acceptors (Lipinski definition) is 3. The Morgan fingerprint density at radius 3 is 2.65 bits per heavy atom. The highest BCUT2D eigenvalue weighted by Crippen LogP contribution is 2.23. The van der Waals surface area contributed by atoms with Gasteiger partial charge in [-0.2, -0.15) is 0 Å². The fourth-order valence-corrected chi connectivity index (χ4v) is 3.33. The number of nitrogens with zero attached hydrogens (tertiary/aromatic N) is 1. The molecule has 1 N–H and O–H groups in total. The van der Waals surface area contributed by atoms with Crippen molar-refractivity contribution in [2.45, 2.75) is 44.9 Å². The number of aromatic nitrogens is 1. The predicted octanol–water partition coefficient (Wildman–Crippen LogP) is 5.27. The van der Waals surface area contributed by atoms with Crippen LogP contribution in [0.4, 0.5) is 0 Å². The molecule has 0 aliphatic rings. The molecule has 0 fully saturated rings. The highest BCUT2D eigenvalue weighted by atomic mass is 16.5. The van der Waals surface area contributed by atoms with Crippen molar-refractivity contribution in [3.05, 3.63) is 78.1 Å². The zero-order valence-corrected chi connectivity index (χ0v) is 15.7. The Bertz CT molecular complexity index is 803. The lowest BCUT2D eigenvalue weighted by atomic mass is 10.0. The first-order chi connectivity index (χ1) is 12.8. The van der Waals surface area contributed by atoms with E-state index < -0.39 is 0 Å². The number of rotatable bonds is 9. The van der Waals surface area contributed by atoms with Gasteiger partial charge in [0.15, 0.2) is 0 Å².